The Labute approximate surface area is 237 Å². The third-order valence-electron chi connectivity index (χ3n) is 8.58. The number of hydrogen-bond donors (Lipinski definition) is 2. The van der Waals surface area contributed by atoms with Gasteiger partial charge in [-0.05, 0) is 56.7 Å². The van der Waals surface area contributed by atoms with E-state index < -0.39 is 6.10 Å². The number of aliphatic hydroxyl groups excluding tert-OH is 1. The Morgan fingerprint density at radius 1 is 1.15 bits per heavy atom. The number of benzene rings is 1. The first-order valence-corrected chi connectivity index (χ1v) is 15.0. The van der Waals surface area contributed by atoms with Crippen LogP contribution in [0, 0.1) is 5.92 Å². The number of aromatic nitrogens is 3. The maximum atomic E-state index is 12.9. The summed E-state index contributed by atoms with van der Waals surface area (Å²) in [5.74, 6) is 0.746. The van der Waals surface area contributed by atoms with Crippen LogP contribution >= 0.6 is 11.3 Å². The Morgan fingerprint density at radius 3 is 2.65 bits per heavy atom. The first kappa shape index (κ1) is 27.2. The van der Waals surface area contributed by atoms with Crippen LogP contribution in [0.2, 0.25) is 0 Å². The number of piperazine rings is 1. The summed E-state index contributed by atoms with van der Waals surface area (Å²) in [4.78, 5) is 42.5. The molecule has 3 fully saturated rings. The van der Waals surface area contributed by atoms with Gasteiger partial charge >= 0.3 is 0 Å². The maximum Gasteiger partial charge on any atom is 0.229 e. The van der Waals surface area contributed by atoms with Crippen LogP contribution in [-0.4, -0.2) is 85.6 Å². The molecule has 3 heterocycles. The van der Waals surface area contributed by atoms with E-state index in [1.54, 1.807) is 19.3 Å². The second-order valence-electron chi connectivity index (χ2n) is 11.3. The highest BCUT2D eigenvalue weighted by molar-refractivity contribution is 7.22. The monoisotopic (exact) mass is 564 g/mol. The molecule has 0 radical (unpaired) electrons. The summed E-state index contributed by atoms with van der Waals surface area (Å²) in [5, 5.41) is 13.6. The summed E-state index contributed by atoms with van der Waals surface area (Å²) in [6, 6.07) is 6.70. The number of thiazole rings is 1. The normalized spacial score (nSPS) is 27.1. The Balaban J connectivity index is 1.02. The van der Waals surface area contributed by atoms with Crippen LogP contribution < -0.4 is 5.32 Å². The van der Waals surface area contributed by atoms with Gasteiger partial charge in [0.2, 0.25) is 11.8 Å². The molecule has 11 heteroatoms. The maximum absolute atomic E-state index is 12.9. The minimum Gasteiger partial charge on any atom is -0.390 e. The van der Waals surface area contributed by atoms with Crippen molar-refractivity contribution in [3.05, 3.63) is 36.4 Å². The molecule has 0 bridgehead atoms. The van der Waals surface area contributed by atoms with Crippen LogP contribution in [0.5, 0.6) is 0 Å². The highest BCUT2D eigenvalue weighted by Crippen LogP contribution is 2.36. The number of nitrogens with one attached hydrogen (secondary N) is 1. The predicted octanol–water partition coefficient (Wildman–Crippen LogP) is 3.45. The molecule has 1 saturated heterocycles. The minimum absolute atomic E-state index is 0.0119. The zero-order chi connectivity index (χ0) is 27.8. The van der Waals surface area contributed by atoms with Crippen molar-refractivity contribution in [3.63, 3.8) is 0 Å². The SMILES string of the molecule is CC(=O)N1CCN(C2CC(C(=O)Nc3nc4ccc(-c5cnc(CO[C@H]6CCC[C@@H]6O)nc5)cc4s3)C2)[C@@H](C)C1. The Kier molecular flexibility index (Phi) is 7.80. The van der Waals surface area contributed by atoms with Gasteiger partial charge in [0.15, 0.2) is 11.0 Å². The first-order valence-electron chi connectivity index (χ1n) is 14.2. The van der Waals surface area contributed by atoms with Crippen LogP contribution in [-0.2, 0) is 20.9 Å². The molecular weight excluding hydrogens is 528 g/mol. The van der Waals surface area contributed by atoms with Crippen molar-refractivity contribution in [1.29, 1.82) is 0 Å². The largest absolute Gasteiger partial charge is 0.390 e. The lowest BCUT2D eigenvalue weighted by molar-refractivity contribution is -0.133. The zero-order valence-electron chi connectivity index (χ0n) is 23.0. The lowest BCUT2D eigenvalue weighted by Crippen LogP contribution is -2.59. The van der Waals surface area contributed by atoms with Gasteiger partial charge in [-0.1, -0.05) is 17.4 Å². The van der Waals surface area contributed by atoms with E-state index in [1.165, 1.54) is 11.3 Å². The molecule has 0 spiro atoms. The van der Waals surface area contributed by atoms with E-state index in [4.69, 9.17) is 4.74 Å². The number of ether oxygens (including phenoxy) is 1. The first-order chi connectivity index (χ1) is 19.3. The van der Waals surface area contributed by atoms with E-state index in [9.17, 15) is 14.7 Å². The van der Waals surface area contributed by atoms with E-state index in [0.717, 1.165) is 73.1 Å². The number of rotatable bonds is 7. The van der Waals surface area contributed by atoms with Crippen molar-refractivity contribution in [3.8, 4) is 11.1 Å². The fraction of sp³-hybridized carbons (Fsp3) is 0.552. The molecule has 1 aromatic carbocycles. The lowest BCUT2D eigenvalue weighted by Gasteiger charge is -2.49. The third kappa shape index (κ3) is 5.74. The molecule has 3 aliphatic rings. The van der Waals surface area contributed by atoms with Crippen molar-refractivity contribution < 1.29 is 19.4 Å². The average molecular weight is 565 g/mol. The molecule has 1 aliphatic heterocycles. The van der Waals surface area contributed by atoms with Gasteiger partial charge < -0.3 is 20.1 Å². The summed E-state index contributed by atoms with van der Waals surface area (Å²) in [7, 11) is 0. The topological polar surface area (TPSA) is 121 Å². The van der Waals surface area contributed by atoms with Gasteiger partial charge in [-0.25, -0.2) is 15.0 Å². The molecule has 6 rings (SSSR count). The standard InChI is InChI=1S/C29H36N6O4S/c1-17-15-34(18(2)36)8-9-35(17)22-10-20(11-22)28(38)33-29-32-23-7-6-19(12-26(23)40-29)21-13-30-27(31-14-21)16-39-25-5-3-4-24(25)37/h6-7,12-14,17,20,22,24-25,37H,3-5,8-11,15-16H2,1-2H3,(H,32,33,38)/t17-,20?,22?,24-,25-/m0/s1. The summed E-state index contributed by atoms with van der Waals surface area (Å²) in [6.07, 6.45) is 7.38. The molecule has 40 heavy (non-hydrogen) atoms. The van der Waals surface area contributed by atoms with Gasteiger partial charge in [0.1, 0.15) is 6.61 Å². The summed E-state index contributed by atoms with van der Waals surface area (Å²) < 4.78 is 6.77. The second-order valence-corrected chi connectivity index (χ2v) is 12.3. The van der Waals surface area contributed by atoms with E-state index in [1.807, 2.05) is 23.1 Å². The van der Waals surface area contributed by atoms with Crippen molar-refractivity contribution in [1.82, 2.24) is 24.8 Å². The van der Waals surface area contributed by atoms with Gasteiger partial charge in [0.05, 0.1) is 22.4 Å². The van der Waals surface area contributed by atoms with Crippen molar-refractivity contribution in [2.45, 2.75) is 76.9 Å². The van der Waals surface area contributed by atoms with Crippen LogP contribution in [0.4, 0.5) is 5.13 Å². The molecule has 0 unspecified atom stereocenters. The van der Waals surface area contributed by atoms with Gasteiger partial charge in [-0.2, -0.15) is 0 Å². The van der Waals surface area contributed by atoms with Crippen molar-refractivity contribution in [2.24, 2.45) is 5.92 Å². The number of aliphatic hydroxyl groups is 1. The highest BCUT2D eigenvalue weighted by Gasteiger charge is 2.41. The van der Waals surface area contributed by atoms with E-state index in [2.05, 4.69) is 32.1 Å². The molecule has 2 saturated carbocycles. The van der Waals surface area contributed by atoms with Crippen LogP contribution in [0.1, 0.15) is 51.8 Å². The number of carbonyl (C=O) groups excluding carboxylic acids is 2. The van der Waals surface area contributed by atoms with E-state index >= 15 is 0 Å². The van der Waals surface area contributed by atoms with Crippen molar-refractivity contribution >= 4 is 38.5 Å². The highest BCUT2D eigenvalue weighted by atomic mass is 32.1. The molecular formula is C29H36N6O4S. The minimum atomic E-state index is -0.393. The fourth-order valence-electron chi connectivity index (χ4n) is 6.10. The second kappa shape index (κ2) is 11.5. The quantitative estimate of drug-likeness (QED) is 0.448. The molecule has 2 aliphatic carbocycles. The van der Waals surface area contributed by atoms with Crippen LogP contribution in [0.25, 0.3) is 21.3 Å². The van der Waals surface area contributed by atoms with Crippen LogP contribution in [0.15, 0.2) is 30.6 Å². The molecule has 10 nitrogen and oxygen atoms in total. The third-order valence-corrected chi connectivity index (χ3v) is 9.51. The molecule has 3 aromatic rings. The number of amides is 2. The average Bonchev–Trinajstić information content (AvgIpc) is 3.52. The van der Waals surface area contributed by atoms with E-state index in [-0.39, 0.29) is 30.4 Å². The van der Waals surface area contributed by atoms with Crippen molar-refractivity contribution in [2.75, 3.05) is 25.0 Å². The summed E-state index contributed by atoms with van der Waals surface area (Å²) >= 11 is 1.47. The summed E-state index contributed by atoms with van der Waals surface area (Å²) in [5.41, 5.74) is 2.71. The Bertz CT molecular complexity index is 1370. The fourth-order valence-corrected chi connectivity index (χ4v) is 7.01. The molecule has 2 aromatic heterocycles. The van der Waals surface area contributed by atoms with Gasteiger partial charge in [-0.15, -0.1) is 0 Å². The van der Waals surface area contributed by atoms with Crippen LogP contribution in [0.3, 0.4) is 0 Å². The summed E-state index contributed by atoms with van der Waals surface area (Å²) in [6.45, 7) is 6.46. The smallest absolute Gasteiger partial charge is 0.229 e. The van der Waals surface area contributed by atoms with Gasteiger partial charge in [0.25, 0.3) is 0 Å². The lowest BCUT2D eigenvalue weighted by atomic mass is 9.78. The molecule has 3 atom stereocenters. The van der Waals surface area contributed by atoms with Gasteiger partial charge in [0, 0.05) is 62.5 Å². The number of hydrogen-bond acceptors (Lipinski definition) is 9. The number of fused-ring (bicyclic) bond motifs is 1. The van der Waals surface area contributed by atoms with E-state index in [0.29, 0.717) is 23.0 Å². The molecule has 2 amide bonds. The Morgan fingerprint density at radius 2 is 1.95 bits per heavy atom. The molecule has 212 valence electrons. The Hall–Kier alpha value is -2.99. The number of anilines is 1. The predicted molar refractivity (Wildman–Crippen MR) is 153 cm³/mol. The number of nitrogens with zero attached hydrogens (tertiary/aromatic N) is 5. The molecule has 2 N–H and O–H groups in total. The zero-order valence-corrected chi connectivity index (χ0v) is 23.8. The number of carbonyl (C=O) groups is 2. The van der Waals surface area contributed by atoms with Gasteiger partial charge in [-0.3, -0.25) is 14.5 Å².